The quantitative estimate of drug-likeness (QED) is 0.913. The third kappa shape index (κ3) is 2.38. The molecule has 0 fully saturated rings. The molecular formula is C17H22FN3. The summed E-state index contributed by atoms with van der Waals surface area (Å²) >= 11 is 0. The van der Waals surface area contributed by atoms with Gasteiger partial charge in [0.25, 0.3) is 0 Å². The maximum atomic E-state index is 13.2. The Morgan fingerprint density at radius 1 is 1.24 bits per heavy atom. The molecule has 0 saturated heterocycles. The fourth-order valence-corrected chi connectivity index (χ4v) is 3.13. The Kier molecular flexibility index (Phi) is 3.36. The molecule has 112 valence electrons. The SMILES string of the molecule is CC(C)c1c(-c2ccc(F)cc2)nc2n1CCNC2(C)C. The summed E-state index contributed by atoms with van der Waals surface area (Å²) in [4.78, 5) is 4.90. The summed E-state index contributed by atoms with van der Waals surface area (Å²) in [6, 6.07) is 6.63. The first-order valence-electron chi connectivity index (χ1n) is 7.52. The maximum absolute atomic E-state index is 13.2. The van der Waals surface area contributed by atoms with Gasteiger partial charge in [-0.1, -0.05) is 13.8 Å². The van der Waals surface area contributed by atoms with Crippen LogP contribution in [-0.2, 0) is 12.1 Å². The number of imidazole rings is 1. The molecule has 4 heteroatoms. The van der Waals surface area contributed by atoms with Crippen LogP contribution in [0.3, 0.4) is 0 Å². The molecule has 0 bridgehead atoms. The first-order valence-corrected chi connectivity index (χ1v) is 7.52. The van der Waals surface area contributed by atoms with Crippen LogP contribution in [-0.4, -0.2) is 16.1 Å². The van der Waals surface area contributed by atoms with E-state index in [0.717, 1.165) is 30.2 Å². The van der Waals surface area contributed by atoms with Crippen molar-refractivity contribution >= 4 is 0 Å². The zero-order chi connectivity index (χ0) is 15.2. The van der Waals surface area contributed by atoms with E-state index < -0.39 is 0 Å². The van der Waals surface area contributed by atoms with Gasteiger partial charge in [-0.2, -0.15) is 0 Å². The lowest BCUT2D eigenvalue weighted by Gasteiger charge is -2.32. The minimum absolute atomic E-state index is 0.139. The van der Waals surface area contributed by atoms with Gasteiger partial charge in [0.05, 0.1) is 11.2 Å². The van der Waals surface area contributed by atoms with Crippen LogP contribution in [0.2, 0.25) is 0 Å². The molecule has 1 aromatic heterocycles. The number of nitrogens with one attached hydrogen (secondary N) is 1. The largest absolute Gasteiger partial charge is 0.328 e. The number of hydrogen-bond acceptors (Lipinski definition) is 2. The summed E-state index contributed by atoms with van der Waals surface area (Å²) in [6.07, 6.45) is 0. The molecule has 21 heavy (non-hydrogen) atoms. The van der Waals surface area contributed by atoms with Crippen LogP contribution in [0.25, 0.3) is 11.3 Å². The van der Waals surface area contributed by atoms with Gasteiger partial charge < -0.3 is 9.88 Å². The van der Waals surface area contributed by atoms with Crippen LogP contribution in [0.4, 0.5) is 4.39 Å². The molecule has 2 heterocycles. The lowest BCUT2D eigenvalue weighted by molar-refractivity contribution is 0.311. The average molecular weight is 287 g/mol. The van der Waals surface area contributed by atoms with Crippen LogP contribution in [0.1, 0.15) is 45.1 Å². The number of hydrogen-bond donors (Lipinski definition) is 1. The highest BCUT2D eigenvalue weighted by molar-refractivity contribution is 5.63. The van der Waals surface area contributed by atoms with Gasteiger partial charge in [0, 0.05) is 24.3 Å². The van der Waals surface area contributed by atoms with E-state index in [1.807, 2.05) is 12.1 Å². The van der Waals surface area contributed by atoms with E-state index in [1.165, 1.54) is 17.8 Å². The molecule has 3 rings (SSSR count). The van der Waals surface area contributed by atoms with Crippen molar-refractivity contribution in [2.75, 3.05) is 6.54 Å². The zero-order valence-electron chi connectivity index (χ0n) is 13.1. The molecule has 2 aromatic rings. The molecule has 0 spiro atoms. The average Bonchev–Trinajstić information content (AvgIpc) is 2.80. The molecule has 0 radical (unpaired) electrons. The molecule has 0 unspecified atom stereocenters. The van der Waals surface area contributed by atoms with E-state index in [0.29, 0.717) is 5.92 Å². The van der Waals surface area contributed by atoms with Crippen molar-refractivity contribution in [2.45, 2.75) is 45.7 Å². The van der Waals surface area contributed by atoms with Gasteiger partial charge in [-0.3, -0.25) is 0 Å². The maximum Gasteiger partial charge on any atom is 0.129 e. The van der Waals surface area contributed by atoms with E-state index in [4.69, 9.17) is 4.98 Å². The van der Waals surface area contributed by atoms with E-state index in [2.05, 4.69) is 37.6 Å². The van der Waals surface area contributed by atoms with Crippen molar-refractivity contribution in [2.24, 2.45) is 0 Å². The Morgan fingerprint density at radius 2 is 1.90 bits per heavy atom. The second-order valence-corrected chi connectivity index (χ2v) is 6.53. The minimum atomic E-state index is -0.212. The predicted octanol–water partition coefficient (Wildman–Crippen LogP) is 3.65. The van der Waals surface area contributed by atoms with Crippen molar-refractivity contribution in [3.8, 4) is 11.3 Å². The van der Waals surface area contributed by atoms with Crippen molar-refractivity contribution in [1.82, 2.24) is 14.9 Å². The molecule has 0 saturated carbocycles. The number of benzene rings is 1. The third-order valence-corrected chi connectivity index (χ3v) is 4.13. The van der Waals surface area contributed by atoms with Crippen LogP contribution < -0.4 is 5.32 Å². The zero-order valence-corrected chi connectivity index (χ0v) is 13.1. The highest BCUT2D eigenvalue weighted by atomic mass is 19.1. The van der Waals surface area contributed by atoms with Crippen molar-refractivity contribution in [1.29, 1.82) is 0 Å². The summed E-state index contributed by atoms with van der Waals surface area (Å²) in [5, 5.41) is 3.51. The molecule has 0 atom stereocenters. The predicted molar refractivity (Wildman–Crippen MR) is 82.7 cm³/mol. The highest BCUT2D eigenvalue weighted by Crippen LogP contribution is 2.34. The first-order chi connectivity index (χ1) is 9.90. The highest BCUT2D eigenvalue weighted by Gasteiger charge is 2.33. The van der Waals surface area contributed by atoms with Gasteiger partial charge in [-0.05, 0) is 44.0 Å². The Labute approximate surface area is 125 Å². The van der Waals surface area contributed by atoms with Gasteiger partial charge in [-0.25, -0.2) is 9.37 Å². The summed E-state index contributed by atoms with van der Waals surface area (Å²) in [5.41, 5.74) is 3.07. The monoisotopic (exact) mass is 287 g/mol. The van der Waals surface area contributed by atoms with Gasteiger partial charge in [0.15, 0.2) is 0 Å². The fraction of sp³-hybridized carbons (Fsp3) is 0.471. The standard InChI is InChI=1S/C17H22FN3/c1-11(2)15-14(12-5-7-13(18)8-6-12)20-16-17(3,4)19-9-10-21(15)16/h5-8,11,19H,9-10H2,1-4H3. The smallest absolute Gasteiger partial charge is 0.129 e. The first kappa shape index (κ1) is 14.3. The van der Waals surface area contributed by atoms with E-state index in [1.54, 1.807) is 0 Å². The molecule has 1 N–H and O–H groups in total. The molecular weight excluding hydrogens is 265 g/mol. The molecule has 0 aliphatic carbocycles. The lowest BCUT2D eigenvalue weighted by Crippen LogP contribution is -2.45. The van der Waals surface area contributed by atoms with Crippen LogP contribution in [0.5, 0.6) is 0 Å². The number of aromatic nitrogens is 2. The Morgan fingerprint density at radius 3 is 2.52 bits per heavy atom. The molecule has 3 nitrogen and oxygen atoms in total. The Hall–Kier alpha value is -1.68. The Balaban J connectivity index is 2.21. The molecule has 1 aliphatic rings. The summed E-state index contributed by atoms with van der Waals surface area (Å²) in [5.74, 6) is 1.23. The van der Waals surface area contributed by atoms with Gasteiger partial charge >= 0.3 is 0 Å². The number of fused-ring (bicyclic) bond motifs is 1. The van der Waals surface area contributed by atoms with E-state index in [9.17, 15) is 4.39 Å². The molecule has 0 amide bonds. The second kappa shape index (κ2) is 4.95. The van der Waals surface area contributed by atoms with Crippen molar-refractivity contribution < 1.29 is 4.39 Å². The number of nitrogens with zero attached hydrogens (tertiary/aromatic N) is 2. The molecule has 1 aliphatic heterocycles. The number of rotatable bonds is 2. The summed E-state index contributed by atoms with van der Waals surface area (Å²) < 4.78 is 15.5. The summed E-state index contributed by atoms with van der Waals surface area (Å²) in [7, 11) is 0. The molecule has 1 aromatic carbocycles. The normalized spacial score (nSPS) is 17.0. The lowest BCUT2D eigenvalue weighted by atomic mass is 10.0. The fourth-order valence-electron chi connectivity index (χ4n) is 3.13. The topological polar surface area (TPSA) is 29.9 Å². The minimum Gasteiger partial charge on any atom is -0.328 e. The van der Waals surface area contributed by atoms with Gasteiger partial charge in [0.1, 0.15) is 11.6 Å². The Bertz CT molecular complexity index is 653. The second-order valence-electron chi connectivity index (χ2n) is 6.53. The van der Waals surface area contributed by atoms with Gasteiger partial charge in [0.2, 0.25) is 0 Å². The van der Waals surface area contributed by atoms with Crippen LogP contribution in [0, 0.1) is 5.82 Å². The number of halogens is 1. The van der Waals surface area contributed by atoms with Crippen LogP contribution >= 0.6 is 0 Å². The van der Waals surface area contributed by atoms with Gasteiger partial charge in [-0.15, -0.1) is 0 Å². The van der Waals surface area contributed by atoms with Crippen LogP contribution in [0.15, 0.2) is 24.3 Å². The summed E-state index contributed by atoms with van der Waals surface area (Å²) in [6.45, 7) is 10.6. The van der Waals surface area contributed by atoms with Crippen molar-refractivity contribution in [3.63, 3.8) is 0 Å². The van der Waals surface area contributed by atoms with E-state index in [-0.39, 0.29) is 11.4 Å². The third-order valence-electron chi connectivity index (χ3n) is 4.13. The van der Waals surface area contributed by atoms with Crippen molar-refractivity contribution in [3.05, 3.63) is 41.6 Å². The van der Waals surface area contributed by atoms with E-state index >= 15 is 0 Å².